The van der Waals surface area contributed by atoms with Gasteiger partial charge in [-0.3, -0.25) is 0 Å². The van der Waals surface area contributed by atoms with E-state index in [0.29, 0.717) is 24.7 Å². The number of hydrogen-bond acceptors (Lipinski definition) is 5. The van der Waals surface area contributed by atoms with Gasteiger partial charge in [0.25, 0.3) is 0 Å². The maximum absolute atomic E-state index is 11.0. The third-order valence-corrected chi connectivity index (χ3v) is 5.62. The van der Waals surface area contributed by atoms with E-state index in [1.807, 2.05) is 31.2 Å². The maximum atomic E-state index is 11.0. The first kappa shape index (κ1) is 17.0. The molecule has 2 N–H and O–H groups in total. The van der Waals surface area contributed by atoms with Crippen molar-refractivity contribution in [3.8, 4) is 5.88 Å². The molecule has 2 aromatic rings. The number of pyridine rings is 2. The van der Waals surface area contributed by atoms with Crippen LogP contribution in [0, 0.1) is 6.92 Å². The van der Waals surface area contributed by atoms with Gasteiger partial charge in [-0.1, -0.05) is 0 Å². The number of nitrogens with one attached hydrogen (secondary N) is 1. The van der Waals surface area contributed by atoms with Crippen molar-refractivity contribution in [3.05, 3.63) is 30.0 Å². The summed E-state index contributed by atoms with van der Waals surface area (Å²) < 4.78 is 11.9. The molecule has 1 aliphatic carbocycles. The van der Waals surface area contributed by atoms with Crippen LogP contribution in [-0.4, -0.2) is 45.5 Å². The molecular formula is C19H23N3O4. The molecule has 3 fully saturated rings. The number of fused-ring (bicyclic) bond motifs is 4. The number of aromatic nitrogens is 2. The Hall–Kier alpha value is -2.41. The van der Waals surface area contributed by atoms with Gasteiger partial charge < -0.3 is 19.9 Å². The van der Waals surface area contributed by atoms with Gasteiger partial charge in [-0.25, -0.2) is 9.78 Å². The first-order valence-corrected chi connectivity index (χ1v) is 9.00. The zero-order valence-corrected chi connectivity index (χ0v) is 14.8. The van der Waals surface area contributed by atoms with Crippen LogP contribution in [-0.2, 0) is 4.74 Å². The van der Waals surface area contributed by atoms with E-state index < -0.39 is 11.6 Å². The van der Waals surface area contributed by atoms with E-state index in [2.05, 4.69) is 15.3 Å². The minimum atomic E-state index is -0.974. The molecule has 2 aliphatic heterocycles. The highest BCUT2D eigenvalue weighted by atomic mass is 16.5. The molecule has 0 spiro atoms. The SMILES string of the molecule is Cc1ccc2ccc(OCCC34CCC(NC(=O)O)(CC3)CO4)nc2n1. The first-order valence-electron chi connectivity index (χ1n) is 9.00. The molecule has 7 heteroatoms. The van der Waals surface area contributed by atoms with Gasteiger partial charge in [-0.2, -0.15) is 4.98 Å². The van der Waals surface area contributed by atoms with Crippen LogP contribution >= 0.6 is 0 Å². The second-order valence-electron chi connectivity index (χ2n) is 7.43. The Morgan fingerprint density at radius 1 is 1.23 bits per heavy atom. The molecule has 0 aromatic carbocycles. The summed E-state index contributed by atoms with van der Waals surface area (Å²) in [7, 11) is 0. The van der Waals surface area contributed by atoms with Gasteiger partial charge in [-0.05, 0) is 50.8 Å². The molecule has 0 unspecified atom stereocenters. The standard InChI is InChI=1S/C19H23N3O4/c1-13-2-3-14-4-5-15(21-16(14)20-13)25-11-10-19-8-6-18(7-9-19,12-26-19)22-17(23)24/h2-5,22H,6-12H2,1H3,(H,23,24). The molecular weight excluding hydrogens is 334 g/mol. The van der Waals surface area contributed by atoms with Crippen LogP contribution in [0.3, 0.4) is 0 Å². The zero-order chi connectivity index (χ0) is 18.2. The van der Waals surface area contributed by atoms with Crippen molar-refractivity contribution in [1.29, 1.82) is 0 Å². The van der Waals surface area contributed by atoms with Crippen LogP contribution in [0.5, 0.6) is 5.88 Å². The number of hydrogen-bond donors (Lipinski definition) is 2. The summed E-state index contributed by atoms with van der Waals surface area (Å²) in [4.78, 5) is 19.9. The van der Waals surface area contributed by atoms with E-state index in [1.54, 1.807) is 0 Å². The number of nitrogens with zero attached hydrogens (tertiary/aromatic N) is 2. The summed E-state index contributed by atoms with van der Waals surface area (Å²) in [6.45, 7) is 2.90. The Balaban J connectivity index is 1.35. The van der Waals surface area contributed by atoms with Gasteiger partial charge >= 0.3 is 6.09 Å². The lowest BCUT2D eigenvalue weighted by Crippen LogP contribution is -2.62. The van der Waals surface area contributed by atoms with E-state index in [1.165, 1.54) is 0 Å². The van der Waals surface area contributed by atoms with Crippen molar-refractivity contribution >= 4 is 17.1 Å². The number of amides is 1. The molecule has 26 heavy (non-hydrogen) atoms. The molecule has 4 heterocycles. The van der Waals surface area contributed by atoms with Gasteiger partial charge in [0, 0.05) is 23.6 Å². The van der Waals surface area contributed by atoms with Crippen LogP contribution in [0.25, 0.3) is 11.0 Å². The molecule has 0 radical (unpaired) electrons. The summed E-state index contributed by atoms with van der Waals surface area (Å²) >= 11 is 0. The predicted molar refractivity (Wildman–Crippen MR) is 95.4 cm³/mol. The van der Waals surface area contributed by atoms with Crippen LogP contribution in [0.15, 0.2) is 24.3 Å². The van der Waals surface area contributed by atoms with Crippen molar-refractivity contribution in [2.45, 2.75) is 50.2 Å². The summed E-state index contributed by atoms with van der Waals surface area (Å²) in [5, 5.41) is 12.6. The lowest BCUT2D eigenvalue weighted by Gasteiger charge is -2.52. The van der Waals surface area contributed by atoms with E-state index in [9.17, 15) is 4.79 Å². The van der Waals surface area contributed by atoms with Crippen molar-refractivity contribution in [3.63, 3.8) is 0 Å². The smallest absolute Gasteiger partial charge is 0.405 e. The van der Waals surface area contributed by atoms with Crippen molar-refractivity contribution in [2.24, 2.45) is 0 Å². The highest BCUT2D eigenvalue weighted by molar-refractivity contribution is 5.75. The summed E-state index contributed by atoms with van der Waals surface area (Å²) in [5.41, 5.74) is 1.01. The van der Waals surface area contributed by atoms with E-state index in [0.717, 1.165) is 43.2 Å². The molecule has 1 amide bonds. The van der Waals surface area contributed by atoms with Gasteiger partial charge in [0.05, 0.1) is 24.4 Å². The summed E-state index contributed by atoms with van der Waals surface area (Å²) in [5.74, 6) is 0.570. The Labute approximate surface area is 151 Å². The largest absolute Gasteiger partial charge is 0.477 e. The zero-order valence-electron chi connectivity index (χ0n) is 14.8. The van der Waals surface area contributed by atoms with Crippen LogP contribution in [0.1, 0.15) is 37.8 Å². The fourth-order valence-corrected chi connectivity index (χ4v) is 3.97. The number of carboxylic acid groups (broad SMARTS) is 1. The number of ether oxygens (including phenoxy) is 2. The molecule has 7 nitrogen and oxygen atoms in total. The summed E-state index contributed by atoms with van der Waals surface area (Å²) in [6.07, 6.45) is 3.13. The van der Waals surface area contributed by atoms with Gasteiger partial charge in [0.1, 0.15) is 0 Å². The number of aryl methyl sites for hydroxylation is 1. The third-order valence-electron chi connectivity index (χ3n) is 5.62. The first-order chi connectivity index (χ1) is 12.5. The average Bonchev–Trinajstić information content (AvgIpc) is 2.62. The normalized spacial score (nSPS) is 27.4. The van der Waals surface area contributed by atoms with Gasteiger partial charge in [0.2, 0.25) is 5.88 Å². The van der Waals surface area contributed by atoms with Crippen LogP contribution in [0.4, 0.5) is 4.79 Å². The van der Waals surface area contributed by atoms with Crippen molar-refractivity contribution in [1.82, 2.24) is 15.3 Å². The van der Waals surface area contributed by atoms with Crippen LogP contribution < -0.4 is 10.1 Å². The number of carbonyl (C=O) groups is 1. The molecule has 2 bridgehead atoms. The van der Waals surface area contributed by atoms with E-state index in [-0.39, 0.29) is 5.60 Å². The van der Waals surface area contributed by atoms with Gasteiger partial charge in [0.15, 0.2) is 5.65 Å². The average molecular weight is 357 g/mol. The Bertz CT molecular complexity index is 814. The van der Waals surface area contributed by atoms with E-state index in [4.69, 9.17) is 14.6 Å². The predicted octanol–water partition coefficient (Wildman–Crippen LogP) is 3.06. The minimum absolute atomic E-state index is 0.201. The van der Waals surface area contributed by atoms with Crippen molar-refractivity contribution in [2.75, 3.05) is 13.2 Å². The molecule has 5 rings (SSSR count). The quantitative estimate of drug-likeness (QED) is 0.854. The maximum Gasteiger partial charge on any atom is 0.405 e. The van der Waals surface area contributed by atoms with Crippen molar-refractivity contribution < 1.29 is 19.4 Å². The van der Waals surface area contributed by atoms with Crippen LogP contribution in [0.2, 0.25) is 0 Å². The molecule has 1 saturated carbocycles. The highest BCUT2D eigenvalue weighted by Crippen LogP contribution is 2.45. The molecule has 2 aromatic heterocycles. The third kappa shape index (κ3) is 3.31. The fraction of sp³-hybridized carbons (Fsp3) is 0.526. The minimum Gasteiger partial charge on any atom is -0.477 e. The monoisotopic (exact) mass is 357 g/mol. The lowest BCUT2D eigenvalue weighted by atomic mass is 9.70. The lowest BCUT2D eigenvalue weighted by molar-refractivity contribution is -0.166. The Kier molecular flexibility index (Phi) is 4.19. The second kappa shape index (κ2) is 6.39. The topological polar surface area (TPSA) is 93.6 Å². The molecule has 3 aliphatic rings. The molecule has 2 saturated heterocycles. The Morgan fingerprint density at radius 3 is 2.69 bits per heavy atom. The highest BCUT2D eigenvalue weighted by Gasteiger charge is 2.50. The molecule has 0 atom stereocenters. The van der Waals surface area contributed by atoms with E-state index >= 15 is 0 Å². The fourth-order valence-electron chi connectivity index (χ4n) is 3.97. The molecule has 138 valence electrons. The number of rotatable bonds is 5. The summed E-state index contributed by atoms with van der Waals surface area (Å²) in [6, 6.07) is 7.79. The second-order valence-corrected chi connectivity index (χ2v) is 7.43. The Morgan fingerprint density at radius 2 is 2.00 bits per heavy atom. The van der Waals surface area contributed by atoms with Gasteiger partial charge in [-0.15, -0.1) is 0 Å².